The Morgan fingerprint density at radius 1 is 1.30 bits per heavy atom. The van der Waals surface area contributed by atoms with Gasteiger partial charge in [-0.15, -0.1) is 0 Å². The van der Waals surface area contributed by atoms with E-state index >= 15 is 0 Å². The van der Waals surface area contributed by atoms with Crippen molar-refractivity contribution in [1.29, 1.82) is 0 Å². The Morgan fingerprint density at radius 3 is 2.50 bits per heavy atom. The van der Waals surface area contributed by atoms with Gasteiger partial charge in [-0.2, -0.15) is 0 Å². The quantitative estimate of drug-likeness (QED) is 0.806. The van der Waals surface area contributed by atoms with E-state index < -0.39 is 0 Å². The van der Waals surface area contributed by atoms with Crippen LogP contribution in [0.15, 0.2) is 24.3 Å². The van der Waals surface area contributed by atoms with Gasteiger partial charge in [-0.05, 0) is 5.56 Å². The van der Waals surface area contributed by atoms with Crippen LogP contribution in [0.3, 0.4) is 0 Å². The summed E-state index contributed by atoms with van der Waals surface area (Å²) in [6.45, 7) is 1.34. The molecule has 1 heterocycles. The van der Waals surface area contributed by atoms with Gasteiger partial charge < -0.3 is 15.5 Å². The molecule has 1 aromatic rings. The van der Waals surface area contributed by atoms with Gasteiger partial charge in [0.15, 0.2) is 0 Å². The summed E-state index contributed by atoms with van der Waals surface area (Å²) in [5.41, 5.74) is 7.20. The first-order valence-electron chi connectivity index (χ1n) is 6.38. The third-order valence-electron chi connectivity index (χ3n) is 3.40. The van der Waals surface area contributed by atoms with Crippen molar-refractivity contribution in [3.05, 3.63) is 35.4 Å². The van der Waals surface area contributed by atoms with Gasteiger partial charge in [0.1, 0.15) is 4.99 Å². The summed E-state index contributed by atoms with van der Waals surface area (Å²) in [5, 5.41) is 0. The number of hydrogen-bond donors (Lipinski definition) is 1. The van der Waals surface area contributed by atoms with Gasteiger partial charge in [-0.25, -0.2) is 0 Å². The predicted octanol–water partition coefficient (Wildman–Crippen LogP) is 0.164. The molecule has 1 aromatic carbocycles. The lowest BCUT2D eigenvalue weighted by molar-refractivity contribution is -0.143. The van der Waals surface area contributed by atoms with Crippen LogP contribution in [-0.2, 0) is 16.0 Å². The number of hydrogen-bond acceptors (Lipinski definition) is 3. The Hall–Kier alpha value is -1.95. The van der Waals surface area contributed by atoms with Crippen molar-refractivity contribution in [2.45, 2.75) is 6.42 Å². The number of amides is 2. The van der Waals surface area contributed by atoms with E-state index in [-0.39, 0.29) is 24.8 Å². The first kappa shape index (κ1) is 14.5. The third-order valence-corrected chi connectivity index (χ3v) is 3.64. The van der Waals surface area contributed by atoms with Crippen LogP contribution in [0.4, 0.5) is 0 Å². The van der Waals surface area contributed by atoms with Gasteiger partial charge in [0.2, 0.25) is 11.8 Å². The normalized spacial score (nSPS) is 15.3. The highest BCUT2D eigenvalue weighted by Crippen LogP contribution is 2.09. The second-order valence-corrected chi connectivity index (χ2v) is 5.31. The van der Waals surface area contributed by atoms with Crippen LogP contribution in [0, 0.1) is 0 Å². The monoisotopic (exact) mass is 291 g/mol. The summed E-state index contributed by atoms with van der Waals surface area (Å²) in [7, 11) is 1.75. The Labute approximate surface area is 123 Å². The largest absolute Gasteiger partial charge is 0.389 e. The molecule has 106 valence electrons. The number of nitrogens with zero attached hydrogens (tertiary/aromatic N) is 2. The average molecular weight is 291 g/mol. The van der Waals surface area contributed by atoms with Crippen molar-refractivity contribution in [3.8, 4) is 0 Å². The van der Waals surface area contributed by atoms with Gasteiger partial charge in [0.05, 0.1) is 13.0 Å². The number of carbonyl (C=O) groups excluding carboxylic acids is 2. The van der Waals surface area contributed by atoms with Crippen molar-refractivity contribution in [3.63, 3.8) is 0 Å². The Morgan fingerprint density at radius 2 is 1.95 bits per heavy atom. The van der Waals surface area contributed by atoms with E-state index in [2.05, 4.69) is 0 Å². The molecule has 1 aliphatic heterocycles. The van der Waals surface area contributed by atoms with Crippen LogP contribution < -0.4 is 5.73 Å². The molecule has 0 unspecified atom stereocenters. The highest BCUT2D eigenvalue weighted by Gasteiger charge is 2.24. The Balaban J connectivity index is 1.97. The first-order valence-corrected chi connectivity index (χ1v) is 6.78. The highest BCUT2D eigenvalue weighted by molar-refractivity contribution is 7.80. The predicted molar refractivity (Wildman–Crippen MR) is 80.3 cm³/mol. The average Bonchev–Trinajstić information content (AvgIpc) is 2.42. The van der Waals surface area contributed by atoms with Crippen LogP contribution in [0.2, 0.25) is 0 Å². The van der Waals surface area contributed by atoms with Gasteiger partial charge in [-0.1, -0.05) is 36.5 Å². The molecular weight excluding hydrogens is 274 g/mol. The second-order valence-electron chi connectivity index (χ2n) is 4.87. The highest BCUT2D eigenvalue weighted by atomic mass is 32.1. The van der Waals surface area contributed by atoms with Crippen LogP contribution >= 0.6 is 12.2 Å². The maximum atomic E-state index is 12.1. The minimum Gasteiger partial charge on any atom is -0.389 e. The van der Waals surface area contributed by atoms with E-state index in [1.807, 2.05) is 12.1 Å². The number of piperazine rings is 1. The third kappa shape index (κ3) is 3.33. The van der Waals surface area contributed by atoms with E-state index in [0.29, 0.717) is 18.1 Å². The second kappa shape index (κ2) is 6.00. The molecule has 1 saturated heterocycles. The maximum absolute atomic E-state index is 12.1. The van der Waals surface area contributed by atoms with Crippen LogP contribution in [0.5, 0.6) is 0 Å². The lowest BCUT2D eigenvalue weighted by Crippen LogP contribution is -2.51. The van der Waals surface area contributed by atoms with E-state index in [1.54, 1.807) is 29.0 Å². The fourth-order valence-electron chi connectivity index (χ4n) is 2.04. The fraction of sp³-hybridized carbons (Fsp3) is 0.357. The lowest BCUT2D eigenvalue weighted by atomic mass is 10.1. The summed E-state index contributed by atoms with van der Waals surface area (Å²) in [6.07, 6.45) is 0.286. The van der Waals surface area contributed by atoms with Crippen LogP contribution in [0.25, 0.3) is 0 Å². The molecule has 2 amide bonds. The van der Waals surface area contributed by atoms with E-state index in [4.69, 9.17) is 18.0 Å². The maximum Gasteiger partial charge on any atom is 0.241 e. The molecule has 1 aliphatic rings. The smallest absolute Gasteiger partial charge is 0.241 e. The summed E-state index contributed by atoms with van der Waals surface area (Å²) >= 11 is 4.88. The molecule has 2 rings (SSSR count). The Bertz CT molecular complexity index is 542. The number of likely N-dealkylation sites (N-methyl/N-ethyl adjacent to an activating group) is 1. The molecule has 2 N–H and O–H groups in total. The van der Waals surface area contributed by atoms with Crippen molar-refractivity contribution < 1.29 is 9.59 Å². The summed E-state index contributed by atoms with van der Waals surface area (Å²) in [6, 6.07) is 7.29. The zero-order chi connectivity index (χ0) is 14.7. The number of benzene rings is 1. The number of rotatable bonds is 3. The molecule has 0 atom stereocenters. The van der Waals surface area contributed by atoms with Gasteiger partial charge >= 0.3 is 0 Å². The molecule has 0 aliphatic carbocycles. The number of carbonyl (C=O) groups is 2. The summed E-state index contributed by atoms with van der Waals surface area (Å²) in [4.78, 5) is 27.3. The van der Waals surface area contributed by atoms with Crippen molar-refractivity contribution in [2.24, 2.45) is 5.73 Å². The molecule has 20 heavy (non-hydrogen) atoms. The topological polar surface area (TPSA) is 66.6 Å². The van der Waals surface area contributed by atoms with Crippen molar-refractivity contribution in [1.82, 2.24) is 9.80 Å². The lowest BCUT2D eigenvalue weighted by Gasteiger charge is -2.32. The van der Waals surface area contributed by atoms with E-state index in [1.165, 1.54) is 0 Å². The summed E-state index contributed by atoms with van der Waals surface area (Å²) < 4.78 is 0. The van der Waals surface area contributed by atoms with Gasteiger partial charge in [0.25, 0.3) is 0 Å². The minimum absolute atomic E-state index is 0.0200. The Kier molecular flexibility index (Phi) is 4.34. The molecule has 0 radical (unpaired) electrons. The van der Waals surface area contributed by atoms with Crippen LogP contribution in [0.1, 0.15) is 11.1 Å². The first-order chi connectivity index (χ1) is 9.47. The molecular formula is C14H17N3O2S. The molecule has 5 nitrogen and oxygen atoms in total. The van der Waals surface area contributed by atoms with Gasteiger partial charge in [-0.3, -0.25) is 9.59 Å². The van der Waals surface area contributed by atoms with Crippen molar-refractivity contribution in [2.75, 3.05) is 26.7 Å². The summed E-state index contributed by atoms with van der Waals surface area (Å²) in [5.74, 6) is -0.0528. The molecule has 0 bridgehead atoms. The molecule has 0 spiro atoms. The number of nitrogens with two attached hydrogens (primary N) is 1. The molecule has 1 fully saturated rings. The van der Waals surface area contributed by atoms with Gasteiger partial charge in [0, 0.05) is 25.7 Å². The molecule has 6 heteroatoms. The van der Waals surface area contributed by atoms with Crippen LogP contribution in [-0.4, -0.2) is 53.3 Å². The number of thiocarbonyl (C=S) groups is 1. The zero-order valence-corrected chi connectivity index (χ0v) is 12.2. The SMILES string of the molecule is CN1CCN(C(=O)Cc2ccc(C(N)=S)cc2)CC1=O. The molecule has 0 aromatic heterocycles. The zero-order valence-electron chi connectivity index (χ0n) is 11.3. The van der Waals surface area contributed by atoms with E-state index in [0.717, 1.165) is 11.1 Å². The molecule has 0 saturated carbocycles. The standard InChI is InChI=1S/C14H17N3O2S/c1-16-6-7-17(9-13(16)19)12(18)8-10-2-4-11(5-3-10)14(15)20/h2-5H,6-9H2,1H3,(H2,15,20). The fourth-order valence-corrected chi connectivity index (χ4v) is 2.18. The minimum atomic E-state index is -0.0328. The van der Waals surface area contributed by atoms with E-state index in [9.17, 15) is 9.59 Å². The van der Waals surface area contributed by atoms with Crippen molar-refractivity contribution >= 4 is 29.0 Å².